The molecular weight excluding hydrogens is 343 g/mol. The number of hydrogen-bond donors (Lipinski definition) is 3. The fourth-order valence-electron chi connectivity index (χ4n) is 1.72. The van der Waals surface area contributed by atoms with Crippen molar-refractivity contribution < 1.29 is 19.4 Å². The van der Waals surface area contributed by atoms with Crippen molar-refractivity contribution in [1.82, 2.24) is 10.6 Å². The number of hydrogen-bond acceptors (Lipinski definition) is 4. The van der Waals surface area contributed by atoms with Crippen LogP contribution in [0.2, 0.25) is 10.0 Å². The first-order valence-corrected chi connectivity index (χ1v) is 7.70. The van der Waals surface area contributed by atoms with Gasteiger partial charge in [0.2, 0.25) is 5.91 Å². The molecule has 23 heavy (non-hydrogen) atoms. The van der Waals surface area contributed by atoms with Gasteiger partial charge >= 0.3 is 6.09 Å². The molecule has 8 heteroatoms. The zero-order chi connectivity index (χ0) is 17.6. The highest BCUT2D eigenvalue weighted by Gasteiger charge is 2.19. The third-order valence-electron chi connectivity index (χ3n) is 2.65. The van der Waals surface area contributed by atoms with Crippen LogP contribution in [0.4, 0.5) is 4.79 Å². The summed E-state index contributed by atoms with van der Waals surface area (Å²) in [4.78, 5) is 23.4. The van der Waals surface area contributed by atoms with Crippen LogP contribution in [0.15, 0.2) is 18.2 Å². The van der Waals surface area contributed by atoms with Gasteiger partial charge in [-0.3, -0.25) is 4.79 Å². The molecule has 0 saturated carbocycles. The minimum atomic E-state index is -0.701. The molecule has 0 aliphatic rings. The van der Waals surface area contributed by atoms with Gasteiger partial charge in [0.15, 0.2) is 0 Å². The number of halogens is 2. The van der Waals surface area contributed by atoms with E-state index in [2.05, 4.69) is 10.6 Å². The second-order valence-electron chi connectivity index (χ2n) is 5.82. The van der Waals surface area contributed by atoms with Crippen LogP contribution < -0.4 is 10.6 Å². The molecule has 0 fully saturated rings. The van der Waals surface area contributed by atoms with Crippen LogP contribution >= 0.6 is 23.2 Å². The molecule has 0 aliphatic carbocycles. The second-order valence-corrected chi connectivity index (χ2v) is 6.67. The Morgan fingerprint density at radius 3 is 2.48 bits per heavy atom. The number of amides is 2. The molecule has 128 valence electrons. The lowest BCUT2D eigenvalue weighted by atomic mass is 10.1. The Kier molecular flexibility index (Phi) is 7.12. The largest absolute Gasteiger partial charge is 0.444 e. The van der Waals surface area contributed by atoms with E-state index in [-0.39, 0.29) is 13.2 Å². The average Bonchev–Trinajstić information content (AvgIpc) is 2.41. The average molecular weight is 363 g/mol. The van der Waals surface area contributed by atoms with Gasteiger partial charge in [-0.25, -0.2) is 4.79 Å². The Balaban J connectivity index is 2.59. The Hall–Kier alpha value is -1.50. The summed E-state index contributed by atoms with van der Waals surface area (Å²) in [6.45, 7) is 4.53. The van der Waals surface area contributed by atoms with Gasteiger partial charge in [-0.2, -0.15) is 0 Å². The van der Waals surface area contributed by atoms with E-state index in [0.29, 0.717) is 15.6 Å². The molecule has 0 aromatic heterocycles. The normalized spacial score (nSPS) is 12.4. The van der Waals surface area contributed by atoms with Crippen molar-refractivity contribution >= 4 is 35.2 Å². The third kappa shape index (κ3) is 7.07. The first kappa shape index (κ1) is 19.5. The number of aliphatic hydroxyl groups is 1. The first-order valence-electron chi connectivity index (χ1n) is 6.94. The van der Waals surface area contributed by atoms with E-state index in [1.54, 1.807) is 32.9 Å². The van der Waals surface area contributed by atoms with Crippen LogP contribution in [0.5, 0.6) is 0 Å². The van der Waals surface area contributed by atoms with E-state index in [9.17, 15) is 14.7 Å². The summed E-state index contributed by atoms with van der Waals surface area (Å²) in [6.07, 6.45) is -0.697. The van der Waals surface area contributed by atoms with E-state index in [0.717, 1.165) is 0 Å². The van der Waals surface area contributed by atoms with Crippen LogP contribution in [0.3, 0.4) is 0 Å². The SMILES string of the molecule is CC(C)(C)OC(=O)NCC(=O)NC(CO)c1ccc(Cl)cc1Cl. The molecular formula is C15H20Cl2N2O4. The van der Waals surface area contributed by atoms with Crippen molar-refractivity contribution in [2.45, 2.75) is 32.4 Å². The molecule has 0 heterocycles. The first-order chi connectivity index (χ1) is 10.6. The summed E-state index contributed by atoms with van der Waals surface area (Å²) in [5, 5.41) is 15.1. The molecule has 0 aliphatic heterocycles. The van der Waals surface area contributed by atoms with Gasteiger partial charge in [0.1, 0.15) is 12.1 Å². The maximum atomic E-state index is 11.9. The molecule has 0 bridgehead atoms. The Bertz CT molecular complexity index is 573. The number of rotatable bonds is 5. The molecule has 1 aromatic rings. The van der Waals surface area contributed by atoms with Gasteiger partial charge in [-0.1, -0.05) is 29.3 Å². The number of ether oxygens (including phenoxy) is 1. The van der Waals surface area contributed by atoms with Crippen molar-refractivity contribution in [1.29, 1.82) is 0 Å². The van der Waals surface area contributed by atoms with Crippen LogP contribution in [0.1, 0.15) is 32.4 Å². The van der Waals surface area contributed by atoms with Gasteiger partial charge in [0.25, 0.3) is 0 Å². The van der Waals surface area contributed by atoms with Crippen molar-refractivity contribution in [3.8, 4) is 0 Å². The third-order valence-corrected chi connectivity index (χ3v) is 3.21. The van der Waals surface area contributed by atoms with Gasteiger partial charge < -0.3 is 20.5 Å². The molecule has 0 radical (unpaired) electrons. The number of benzene rings is 1. The molecule has 3 N–H and O–H groups in total. The molecule has 1 aromatic carbocycles. The van der Waals surface area contributed by atoms with Crippen molar-refractivity contribution in [2.75, 3.05) is 13.2 Å². The van der Waals surface area contributed by atoms with E-state index >= 15 is 0 Å². The van der Waals surface area contributed by atoms with Crippen molar-refractivity contribution in [3.05, 3.63) is 33.8 Å². The van der Waals surface area contributed by atoms with Crippen LogP contribution in [0, 0.1) is 0 Å². The zero-order valence-corrected chi connectivity index (χ0v) is 14.7. The number of carbonyl (C=O) groups is 2. The molecule has 6 nitrogen and oxygen atoms in total. The van der Waals surface area contributed by atoms with Crippen molar-refractivity contribution in [3.63, 3.8) is 0 Å². The molecule has 1 atom stereocenters. The summed E-state index contributed by atoms with van der Waals surface area (Å²) < 4.78 is 5.02. The molecule has 1 unspecified atom stereocenters. The number of aliphatic hydroxyl groups excluding tert-OH is 1. The molecule has 1 rings (SSSR count). The fourth-order valence-corrected chi connectivity index (χ4v) is 2.26. The zero-order valence-electron chi connectivity index (χ0n) is 13.2. The maximum Gasteiger partial charge on any atom is 0.408 e. The summed E-state index contributed by atoms with van der Waals surface area (Å²) in [5.74, 6) is -0.485. The monoisotopic (exact) mass is 362 g/mol. The van der Waals surface area contributed by atoms with Crippen molar-refractivity contribution in [2.24, 2.45) is 0 Å². The Morgan fingerprint density at radius 1 is 1.30 bits per heavy atom. The lowest BCUT2D eigenvalue weighted by molar-refractivity contribution is -0.121. The number of nitrogens with one attached hydrogen (secondary N) is 2. The van der Waals surface area contributed by atoms with Gasteiger partial charge in [-0.05, 0) is 38.5 Å². The van der Waals surface area contributed by atoms with E-state index in [4.69, 9.17) is 27.9 Å². The van der Waals surface area contributed by atoms with Gasteiger partial charge in [0, 0.05) is 10.0 Å². The minimum Gasteiger partial charge on any atom is -0.444 e. The summed E-state index contributed by atoms with van der Waals surface area (Å²) in [7, 11) is 0. The van der Waals surface area contributed by atoms with E-state index < -0.39 is 23.6 Å². The molecule has 2 amide bonds. The van der Waals surface area contributed by atoms with Crippen LogP contribution in [-0.2, 0) is 9.53 Å². The van der Waals surface area contributed by atoms with Crippen LogP contribution in [0.25, 0.3) is 0 Å². The number of carbonyl (C=O) groups excluding carboxylic acids is 2. The van der Waals surface area contributed by atoms with E-state index in [1.165, 1.54) is 6.07 Å². The van der Waals surface area contributed by atoms with E-state index in [1.807, 2.05) is 0 Å². The van der Waals surface area contributed by atoms with Gasteiger partial charge in [-0.15, -0.1) is 0 Å². The number of alkyl carbamates (subject to hydrolysis) is 1. The van der Waals surface area contributed by atoms with Crippen LogP contribution in [-0.4, -0.2) is 35.9 Å². The van der Waals surface area contributed by atoms with Gasteiger partial charge in [0.05, 0.1) is 12.6 Å². The standard InChI is InChI=1S/C15H20Cl2N2O4/c1-15(2,3)23-14(22)18-7-13(21)19-12(8-20)10-5-4-9(16)6-11(10)17/h4-6,12,20H,7-8H2,1-3H3,(H,18,22)(H,19,21). The Morgan fingerprint density at radius 2 is 1.96 bits per heavy atom. The summed E-state index contributed by atoms with van der Waals surface area (Å²) >= 11 is 11.9. The molecule has 0 spiro atoms. The quantitative estimate of drug-likeness (QED) is 0.751. The lowest BCUT2D eigenvalue weighted by Crippen LogP contribution is -2.41. The predicted molar refractivity (Wildman–Crippen MR) is 88.7 cm³/mol. The minimum absolute atomic E-state index is 0.281. The highest BCUT2D eigenvalue weighted by molar-refractivity contribution is 6.35. The smallest absolute Gasteiger partial charge is 0.408 e. The topological polar surface area (TPSA) is 87.7 Å². The lowest BCUT2D eigenvalue weighted by Gasteiger charge is -2.21. The summed E-state index contributed by atoms with van der Waals surface area (Å²) in [5.41, 5.74) is -0.116. The summed E-state index contributed by atoms with van der Waals surface area (Å²) in [6, 6.07) is 4.04. The molecule has 0 saturated heterocycles. The highest BCUT2D eigenvalue weighted by atomic mass is 35.5. The Labute approximate surface area is 145 Å². The highest BCUT2D eigenvalue weighted by Crippen LogP contribution is 2.26. The maximum absolute atomic E-state index is 11.9. The predicted octanol–water partition coefficient (Wildman–Crippen LogP) is 2.67. The fraction of sp³-hybridized carbons (Fsp3) is 0.467. The second kappa shape index (κ2) is 8.38.